The van der Waals surface area contributed by atoms with Crippen LogP contribution < -0.4 is 15.1 Å². The minimum absolute atomic E-state index is 0.728. The number of hydrogen-bond acceptors (Lipinski definition) is 4. The highest BCUT2D eigenvalue weighted by Crippen LogP contribution is 2.29. The fraction of sp³-hybridized carbons (Fsp3) is 0.538. The summed E-state index contributed by atoms with van der Waals surface area (Å²) >= 11 is 0. The number of benzene rings is 1. The average molecular weight is 238 g/mol. The molecule has 1 N–H and O–H groups in total. The van der Waals surface area contributed by atoms with Crippen molar-refractivity contribution >= 4 is 11.4 Å². The number of anilines is 2. The first-order valence-electron chi connectivity index (χ1n) is 5.92. The zero-order valence-corrected chi connectivity index (χ0v) is 11.1. The first kappa shape index (κ1) is 13.6. The molecule has 0 saturated heterocycles. The van der Waals surface area contributed by atoms with Crippen molar-refractivity contribution in [2.75, 3.05) is 38.2 Å². The quantitative estimate of drug-likeness (QED) is 0.585. The van der Waals surface area contributed by atoms with E-state index in [0.717, 1.165) is 36.6 Å². The van der Waals surface area contributed by atoms with Crippen molar-refractivity contribution in [3.63, 3.8) is 0 Å². The van der Waals surface area contributed by atoms with Gasteiger partial charge >= 0.3 is 0 Å². The molecule has 17 heavy (non-hydrogen) atoms. The van der Waals surface area contributed by atoms with Gasteiger partial charge in [-0.05, 0) is 18.6 Å². The highest BCUT2D eigenvalue weighted by Gasteiger charge is 2.06. The van der Waals surface area contributed by atoms with E-state index in [1.165, 1.54) is 0 Å². The molecule has 0 amide bonds. The van der Waals surface area contributed by atoms with Crippen molar-refractivity contribution in [1.29, 1.82) is 0 Å². The Kier molecular flexibility index (Phi) is 5.63. The zero-order valence-electron chi connectivity index (χ0n) is 11.1. The van der Waals surface area contributed by atoms with Gasteiger partial charge < -0.3 is 9.64 Å². The maximum Gasteiger partial charge on any atom is 0.146 e. The predicted octanol–water partition coefficient (Wildman–Crippen LogP) is 2.90. The minimum atomic E-state index is 0.728. The van der Waals surface area contributed by atoms with E-state index in [2.05, 4.69) is 12.4 Å². The smallest absolute Gasteiger partial charge is 0.146 e. The number of hydrogen-bond donors (Lipinski definition) is 1. The van der Waals surface area contributed by atoms with Gasteiger partial charge in [-0.25, -0.2) is 0 Å². The summed E-state index contributed by atoms with van der Waals surface area (Å²) in [6.07, 6.45) is 2.18. The van der Waals surface area contributed by atoms with Gasteiger partial charge in [-0.2, -0.15) is 0 Å². The van der Waals surface area contributed by atoms with Crippen molar-refractivity contribution in [2.45, 2.75) is 19.8 Å². The first-order valence-corrected chi connectivity index (χ1v) is 5.92. The van der Waals surface area contributed by atoms with Crippen LogP contribution in [0.2, 0.25) is 0 Å². The number of ether oxygens (including phenoxy) is 1. The van der Waals surface area contributed by atoms with Crippen LogP contribution in [-0.4, -0.2) is 27.8 Å². The lowest BCUT2D eigenvalue weighted by Gasteiger charge is -2.17. The van der Waals surface area contributed by atoms with E-state index in [-0.39, 0.29) is 0 Å². The molecule has 0 fully saturated rings. The van der Waals surface area contributed by atoms with Crippen LogP contribution in [0.4, 0.5) is 11.4 Å². The van der Waals surface area contributed by atoms with E-state index >= 15 is 0 Å². The zero-order chi connectivity index (χ0) is 12.7. The SMILES string of the molecule is CCCCOc1cc(N(C)C)ccc1NOC. The molecule has 1 aromatic rings. The highest BCUT2D eigenvalue weighted by molar-refractivity contribution is 5.63. The number of unbranched alkanes of at least 4 members (excludes halogenated alkanes) is 1. The van der Waals surface area contributed by atoms with Gasteiger partial charge in [-0.15, -0.1) is 0 Å². The first-order chi connectivity index (χ1) is 8.19. The van der Waals surface area contributed by atoms with Crippen LogP contribution in [0.3, 0.4) is 0 Å². The third-order valence-electron chi connectivity index (χ3n) is 2.45. The molecule has 0 heterocycles. The van der Waals surface area contributed by atoms with Crippen molar-refractivity contribution < 1.29 is 9.57 Å². The summed E-state index contributed by atoms with van der Waals surface area (Å²) < 4.78 is 5.75. The van der Waals surface area contributed by atoms with Gasteiger partial charge in [0.25, 0.3) is 0 Å². The van der Waals surface area contributed by atoms with Crippen molar-refractivity contribution in [1.82, 2.24) is 0 Å². The van der Waals surface area contributed by atoms with Crippen LogP contribution in [0.5, 0.6) is 5.75 Å². The van der Waals surface area contributed by atoms with Gasteiger partial charge in [-0.3, -0.25) is 10.3 Å². The van der Waals surface area contributed by atoms with E-state index in [4.69, 9.17) is 9.57 Å². The molecule has 0 aliphatic rings. The van der Waals surface area contributed by atoms with Gasteiger partial charge in [0, 0.05) is 25.8 Å². The summed E-state index contributed by atoms with van der Waals surface area (Å²) in [6.45, 7) is 2.87. The van der Waals surface area contributed by atoms with Gasteiger partial charge in [0.2, 0.25) is 0 Å². The van der Waals surface area contributed by atoms with E-state index in [0.29, 0.717) is 0 Å². The van der Waals surface area contributed by atoms with Crippen LogP contribution >= 0.6 is 0 Å². The van der Waals surface area contributed by atoms with Crippen molar-refractivity contribution in [3.8, 4) is 5.75 Å². The normalized spacial score (nSPS) is 10.1. The molecule has 0 radical (unpaired) electrons. The third-order valence-corrected chi connectivity index (χ3v) is 2.45. The van der Waals surface area contributed by atoms with Gasteiger partial charge in [0.1, 0.15) is 11.4 Å². The topological polar surface area (TPSA) is 33.7 Å². The second kappa shape index (κ2) is 7.01. The molecule has 0 bridgehead atoms. The second-order valence-electron chi connectivity index (χ2n) is 4.08. The van der Waals surface area contributed by atoms with Crippen LogP contribution in [0.15, 0.2) is 18.2 Å². The largest absolute Gasteiger partial charge is 0.491 e. The summed E-state index contributed by atoms with van der Waals surface area (Å²) in [5, 5.41) is 0. The molecule has 0 saturated carbocycles. The molecule has 1 rings (SSSR count). The Hall–Kier alpha value is -1.42. The molecule has 0 atom stereocenters. The predicted molar refractivity (Wildman–Crippen MR) is 71.8 cm³/mol. The van der Waals surface area contributed by atoms with E-state index in [1.807, 2.05) is 37.2 Å². The third kappa shape index (κ3) is 4.15. The van der Waals surface area contributed by atoms with E-state index in [9.17, 15) is 0 Å². The fourth-order valence-electron chi connectivity index (χ4n) is 1.43. The molecule has 0 aromatic heterocycles. The minimum Gasteiger partial charge on any atom is -0.491 e. The molecular formula is C13H22N2O2. The molecule has 96 valence electrons. The Labute approximate surface area is 103 Å². The van der Waals surface area contributed by atoms with Crippen LogP contribution in [0, 0.1) is 0 Å². The lowest BCUT2D eigenvalue weighted by atomic mass is 10.2. The monoisotopic (exact) mass is 238 g/mol. The highest BCUT2D eigenvalue weighted by atomic mass is 16.6. The molecule has 0 unspecified atom stereocenters. The van der Waals surface area contributed by atoms with Crippen LogP contribution in [0.1, 0.15) is 19.8 Å². The van der Waals surface area contributed by atoms with Crippen LogP contribution in [0.25, 0.3) is 0 Å². The standard InChI is InChI=1S/C13H22N2O2/c1-5-6-9-17-13-10-11(15(2)3)7-8-12(13)14-16-4/h7-8,10,14H,5-6,9H2,1-4H3. The van der Waals surface area contributed by atoms with Gasteiger partial charge in [-0.1, -0.05) is 13.3 Å². The molecule has 0 aliphatic heterocycles. The maximum atomic E-state index is 5.75. The summed E-state index contributed by atoms with van der Waals surface area (Å²) in [6, 6.07) is 5.99. The van der Waals surface area contributed by atoms with Crippen molar-refractivity contribution in [2.24, 2.45) is 0 Å². The second-order valence-corrected chi connectivity index (χ2v) is 4.08. The summed E-state index contributed by atoms with van der Waals surface area (Å²) in [4.78, 5) is 6.98. The number of rotatable bonds is 7. The summed E-state index contributed by atoms with van der Waals surface area (Å²) in [5.41, 5.74) is 4.79. The molecule has 1 aromatic carbocycles. The lowest BCUT2D eigenvalue weighted by Crippen LogP contribution is -2.10. The van der Waals surface area contributed by atoms with Crippen LogP contribution in [-0.2, 0) is 4.84 Å². The number of nitrogens with one attached hydrogen (secondary N) is 1. The molecule has 0 spiro atoms. The molecule has 4 heteroatoms. The fourth-order valence-corrected chi connectivity index (χ4v) is 1.43. The summed E-state index contributed by atoms with van der Waals surface area (Å²) in [5.74, 6) is 0.825. The average Bonchev–Trinajstić information content (AvgIpc) is 2.31. The Bertz CT molecular complexity index is 340. The molecular weight excluding hydrogens is 216 g/mol. The molecule has 4 nitrogen and oxygen atoms in total. The summed E-state index contributed by atoms with van der Waals surface area (Å²) in [7, 11) is 5.61. The Morgan fingerprint density at radius 2 is 2.06 bits per heavy atom. The van der Waals surface area contributed by atoms with E-state index in [1.54, 1.807) is 7.11 Å². The van der Waals surface area contributed by atoms with Gasteiger partial charge in [0.05, 0.1) is 13.7 Å². The lowest BCUT2D eigenvalue weighted by molar-refractivity contribution is 0.263. The molecule has 0 aliphatic carbocycles. The number of nitrogens with zero attached hydrogens (tertiary/aromatic N) is 1. The van der Waals surface area contributed by atoms with Crippen molar-refractivity contribution in [3.05, 3.63) is 18.2 Å². The Morgan fingerprint density at radius 1 is 1.29 bits per heavy atom. The Morgan fingerprint density at radius 3 is 2.65 bits per heavy atom. The Balaban J connectivity index is 2.82. The van der Waals surface area contributed by atoms with Gasteiger partial charge in [0.15, 0.2) is 0 Å². The van der Waals surface area contributed by atoms with E-state index < -0.39 is 0 Å². The maximum absolute atomic E-state index is 5.75.